The van der Waals surface area contributed by atoms with Gasteiger partial charge < -0.3 is 4.74 Å². The smallest absolute Gasteiger partial charge is 0.308 e. The lowest BCUT2D eigenvalue weighted by Crippen LogP contribution is -2.53. The summed E-state index contributed by atoms with van der Waals surface area (Å²) in [7, 11) is 1.44. The van der Waals surface area contributed by atoms with E-state index < -0.39 is 0 Å². The van der Waals surface area contributed by atoms with Gasteiger partial charge >= 0.3 is 5.97 Å². The number of allylic oxidation sites excluding steroid dienone is 2. The van der Waals surface area contributed by atoms with Crippen LogP contribution >= 0.6 is 0 Å². The average Bonchev–Trinajstić information content (AvgIpc) is 2.90. The Morgan fingerprint density at radius 2 is 1.76 bits per heavy atom. The Bertz CT molecular complexity index is 677. The number of carbonyl (C=O) groups excluding carboxylic acids is 3. The molecule has 25 heavy (non-hydrogen) atoms. The second kappa shape index (κ2) is 5.52. The number of ether oxygens (including phenoxy) is 1. The summed E-state index contributed by atoms with van der Waals surface area (Å²) >= 11 is 0. The molecule has 0 aromatic heterocycles. The summed E-state index contributed by atoms with van der Waals surface area (Å²) in [5.74, 6) is 0.813. The molecule has 0 amide bonds. The highest BCUT2D eigenvalue weighted by molar-refractivity contribution is 5.97. The van der Waals surface area contributed by atoms with E-state index in [1.165, 1.54) is 7.11 Å². The van der Waals surface area contributed by atoms with Crippen LogP contribution in [0.5, 0.6) is 0 Å². The maximum atomic E-state index is 13.1. The molecule has 0 radical (unpaired) electrons. The number of hydrogen-bond acceptors (Lipinski definition) is 4. The SMILES string of the molecule is COC(=O)C1CC[C@@]2(C)C(=CC(=O)[C@@H]3[C@H]2CC[C@]2(C)C(=O)CC[C@@H]32)C1. The number of rotatable bonds is 1. The molecule has 4 nitrogen and oxygen atoms in total. The molecular formula is C21H28O4. The van der Waals surface area contributed by atoms with Crippen LogP contribution in [-0.2, 0) is 19.1 Å². The second-order valence-electron chi connectivity index (χ2n) is 9.11. The quantitative estimate of drug-likeness (QED) is 0.683. The molecular weight excluding hydrogens is 316 g/mol. The molecule has 6 atom stereocenters. The molecule has 4 aliphatic rings. The molecule has 0 saturated heterocycles. The second-order valence-corrected chi connectivity index (χ2v) is 9.11. The first kappa shape index (κ1) is 17.0. The van der Waals surface area contributed by atoms with Gasteiger partial charge in [-0.15, -0.1) is 0 Å². The summed E-state index contributed by atoms with van der Waals surface area (Å²) in [5, 5.41) is 0. The van der Waals surface area contributed by atoms with Crippen LogP contribution in [0.3, 0.4) is 0 Å². The van der Waals surface area contributed by atoms with Gasteiger partial charge in [-0.25, -0.2) is 0 Å². The number of ketones is 2. The first-order valence-electron chi connectivity index (χ1n) is 9.67. The largest absolute Gasteiger partial charge is 0.469 e. The predicted molar refractivity (Wildman–Crippen MR) is 92.6 cm³/mol. The zero-order valence-electron chi connectivity index (χ0n) is 15.5. The Hall–Kier alpha value is -1.45. The van der Waals surface area contributed by atoms with E-state index in [1.54, 1.807) is 0 Å². The first-order valence-corrected chi connectivity index (χ1v) is 9.67. The highest BCUT2D eigenvalue weighted by Crippen LogP contribution is 2.63. The summed E-state index contributed by atoms with van der Waals surface area (Å²) in [6, 6.07) is 0. The maximum Gasteiger partial charge on any atom is 0.308 e. The number of methoxy groups -OCH3 is 1. The standard InChI is InChI=1S/C21H28O4/c1-20-8-6-12(19(24)25-3)10-13(20)11-16(22)18-14-4-5-17(23)21(14,2)9-7-15(18)20/h11-12,14-15,18H,4-10H2,1-3H3/t12?,14-,15+,18-,20-,21-/m0/s1. The lowest BCUT2D eigenvalue weighted by Gasteiger charge is -2.55. The summed E-state index contributed by atoms with van der Waals surface area (Å²) < 4.78 is 4.93. The molecule has 0 bridgehead atoms. The van der Waals surface area contributed by atoms with Crippen molar-refractivity contribution in [2.75, 3.05) is 7.11 Å². The monoisotopic (exact) mass is 344 g/mol. The van der Waals surface area contributed by atoms with Gasteiger partial charge in [0.1, 0.15) is 5.78 Å². The Balaban J connectivity index is 1.69. The van der Waals surface area contributed by atoms with Crippen molar-refractivity contribution in [2.24, 2.45) is 34.5 Å². The Morgan fingerprint density at radius 1 is 1.08 bits per heavy atom. The summed E-state index contributed by atoms with van der Waals surface area (Å²) in [5.41, 5.74) is 0.853. The highest BCUT2D eigenvalue weighted by Gasteiger charge is 2.61. The first-order chi connectivity index (χ1) is 11.8. The van der Waals surface area contributed by atoms with Crippen LogP contribution in [-0.4, -0.2) is 24.6 Å². The molecule has 3 saturated carbocycles. The maximum absolute atomic E-state index is 13.1. The van der Waals surface area contributed by atoms with E-state index in [4.69, 9.17) is 4.74 Å². The van der Waals surface area contributed by atoms with E-state index in [2.05, 4.69) is 13.8 Å². The van der Waals surface area contributed by atoms with Crippen molar-refractivity contribution in [3.8, 4) is 0 Å². The molecule has 0 spiro atoms. The topological polar surface area (TPSA) is 60.4 Å². The molecule has 0 heterocycles. The van der Waals surface area contributed by atoms with Crippen LogP contribution in [0.25, 0.3) is 0 Å². The highest BCUT2D eigenvalue weighted by atomic mass is 16.5. The van der Waals surface area contributed by atoms with Crippen LogP contribution < -0.4 is 0 Å². The molecule has 4 heteroatoms. The van der Waals surface area contributed by atoms with Gasteiger partial charge in [-0.2, -0.15) is 0 Å². The van der Waals surface area contributed by atoms with Crippen LogP contribution in [0.2, 0.25) is 0 Å². The fourth-order valence-corrected chi connectivity index (χ4v) is 6.54. The lowest BCUT2D eigenvalue weighted by atomic mass is 9.47. The molecule has 3 fully saturated rings. The molecule has 0 N–H and O–H groups in total. The molecule has 4 rings (SSSR count). The fourth-order valence-electron chi connectivity index (χ4n) is 6.54. The van der Waals surface area contributed by atoms with Gasteiger partial charge in [-0.3, -0.25) is 14.4 Å². The third kappa shape index (κ3) is 2.22. The van der Waals surface area contributed by atoms with Crippen molar-refractivity contribution in [3.05, 3.63) is 11.6 Å². The number of hydrogen-bond donors (Lipinski definition) is 0. The summed E-state index contributed by atoms with van der Waals surface area (Å²) in [6.07, 6.45) is 7.62. The number of carbonyl (C=O) groups is 3. The van der Waals surface area contributed by atoms with Crippen molar-refractivity contribution in [2.45, 2.75) is 58.8 Å². The summed E-state index contributed by atoms with van der Waals surface area (Å²) in [6.45, 7) is 4.38. The number of Topliss-reactive ketones (excluding diaryl/α,β-unsaturated/α-hetero) is 1. The van der Waals surface area contributed by atoms with Gasteiger partial charge in [0.2, 0.25) is 0 Å². The Kier molecular flexibility index (Phi) is 3.75. The van der Waals surface area contributed by atoms with E-state index in [0.717, 1.165) is 37.7 Å². The minimum absolute atomic E-state index is 0.00390. The van der Waals surface area contributed by atoms with Gasteiger partial charge in [-0.05, 0) is 61.9 Å². The Morgan fingerprint density at radius 3 is 2.48 bits per heavy atom. The van der Waals surface area contributed by atoms with Crippen LogP contribution in [0.15, 0.2) is 11.6 Å². The molecule has 1 unspecified atom stereocenters. The van der Waals surface area contributed by atoms with Crippen LogP contribution in [0.4, 0.5) is 0 Å². The van der Waals surface area contributed by atoms with E-state index in [-0.39, 0.29) is 40.3 Å². The summed E-state index contributed by atoms with van der Waals surface area (Å²) in [4.78, 5) is 37.5. The van der Waals surface area contributed by atoms with Crippen molar-refractivity contribution in [3.63, 3.8) is 0 Å². The number of esters is 1. The van der Waals surface area contributed by atoms with Gasteiger partial charge in [0.15, 0.2) is 5.78 Å². The number of fused-ring (bicyclic) bond motifs is 5. The fraction of sp³-hybridized carbons (Fsp3) is 0.762. The normalized spacial score (nSPS) is 46.0. The van der Waals surface area contributed by atoms with Crippen LogP contribution in [0.1, 0.15) is 58.8 Å². The van der Waals surface area contributed by atoms with Gasteiger partial charge in [-0.1, -0.05) is 19.4 Å². The lowest BCUT2D eigenvalue weighted by molar-refractivity contribution is -0.149. The van der Waals surface area contributed by atoms with Gasteiger partial charge in [0.25, 0.3) is 0 Å². The molecule has 136 valence electrons. The van der Waals surface area contributed by atoms with Crippen LogP contribution in [0, 0.1) is 34.5 Å². The third-order valence-corrected chi connectivity index (χ3v) is 8.19. The average molecular weight is 344 g/mol. The zero-order valence-corrected chi connectivity index (χ0v) is 15.5. The minimum atomic E-state index is -0.290. The van der Waals surface area contributed by atoms with Gasteiger partial charge in [0, 0.05) is 17.8 Å². The Labute approximate surface area is 149 Å². The van der Waals surface area contributed by atoms with E-state index >= 15 is 0 Å². The van der Waals surface area contributed by atoms with Crippen molar-refractivity contribution in [1.29, 1.82) is 0 Å². The van der Waals surface area contributed by atoms with E-state index in [0.29, 0.717) is 24.5 Å². The zero-order chi connectivity index (χ0) is 18.0. The van der Waals surface area contributed by atoms with E-state index in [1.807, 2.05) is 6.08 Å². The van der Waals surface area contributed by atoms with Crippen molar-refractivity contribution >= 4 is 17.5 Å². The predicted octanol–water partition coefficient (Wildman–Crippen LogP) is 3.49. The minimum Gasteiger partial charge on any atom is -0.469 e. The molecule has 4 aliphatic carbocycles. The van der Waals surface area contributed by atoms with Crippen molar-refractivity contribution in [1.82, 2.24) is 0 Å². The molecule has 0 aromatic rings. The van der Waals surface area contributed by atoms with E-state index in [9.17, 15) is 14.4 Å². The molecule has 0 aromatic carbocycles. The molecule has 0 aliphatic heterocycles. The third-order valence-electron chi connectivity index (χ3n) is 8.19. The van der Waals surface area contributed by atoms with Crippen molar-refractivity contribution < 1.29 is 19.1 Å². The van der Waals surface area contributed by atoms with Gasteiger partial charge in [0.05, 0.1) is 13.0 Å².